The molecule has 1 aromatic heterocycles. The van der Waals surface area contributed by atoms with Crippen LogP contribution >= 0.6 is 0 Å². The first-order chi connectivity index (χ1) is 10.1. The summed E-state index contributed by atoms with van der Waals surface area (Å²) < 4.78 is 27.2. The lowest BCUT2D eigenvalue weighted by molar-refractivity contribution is -0.128. The molecule has 0 bridgehead atoms. The van der Waals surface area contributed by atoms with Gasteiger partial charge in [0.05, 0.1) is 6.54 Å². The van der Waals surface area contributed by atoms with Gasteiger partial charge in [0.1, 0.15) is 0 Å². The minimum atomic E-state index is -0.802. The van der Waals surface area contributed by atoms with Crippen LogP contribution < -0.4 is 10.6 Å². The monoisotopic (exact) mass is 298 g/mol. The van der Waals surface area contributed by atoms with E-state index in [0.717, 1.165) is 38.4 Å². The van der Waals surface area contributed by atoms with Crippen molar-refractivity contribution in [2.24, 2.45) is 0 Å². The fourth-order valence-electron chi connectivity index (χ4n) is 2.20. The van der Waals surface area contributed by atoms with Crippen LogP contribution in [0.3, 0.4) is 0 Å². The Balaban J connectivity index is 1.99. The number of halogens is 2. The molecule has 0 atom stereocenters. The summed E-state index contributed by atoms with van der Waals surface area (Å²) >= 11 is 0. The highest BCUT2D eigenvalue weighted by molar-refractivity contribution is 5.80. The number of anilines is 2. The molecule has 0 aliphatic carbocycles. The van der Waals surface area contributed by atoms with Crippen molar-refractivity contribution in [3.63, 3.8) is 0 Å². The Hall–Kier alpha value is -1.92. The normalized spacial score (nSPS) is 14.3. The summed E-state index contributed by atoms with van der Waals surface area (Å²) in [5.74, 6) is -1.75. The van der Waals surface area contributed by atoms with Crippen molar-refractivity contribution < 1.29 is 13.6 Å². The van der Waals surface area contributed by atoms with Crippen molar-refractivity contribution in [2.75, 3.05) is 36.8 Å². The molecule has 116 valence electrons. The Labute approximate surface area is 122 Å². The van der Waals surface area contributed by atoms with Crippen LogP contribution in [0.1, 0.15) is 26.2 Å². The molecular weight excluding hydrogens is 278 g/mol. The van der Waals surface area contributed by atoms with Crippen LogP contribution in [-0.4, -0.2) is 42.0 Å². The predicted molar refractivity (Wildman–Crippen MR) is 77.2 cm³/mol. The second-order valence-electron chi connectivity index (χ2n) is 5.02. The second kappa shape index (κ2) is 7.19. The van der Waals surface area contributed by atoms with Gasteiger partial charge in [-0.1, -0.05) is 6.92 Å². The maximum atomic E-state index is 13.7. The number of nitrogens with zero attached hydrogens (tertiary/aromatic N) is 2. The molecule has 2 heterocycles. The molecule has 1 amide bonds. The fourth-order valence-corrected chi connectivity index (χ4v) is 2.20. The van der Waals surface area contributed by atoms with Crippen LogP contribution in [0.15, 0.2) is 6.07 Å². The van der Waals surface area contributed by atoms with Crippen molar-refractivity contribution in [3.05, 3.63) is 17.7 Å². The van der Waals surface area contributed by atoms with Crippen molar-refractivity contribution in [1.82, 2.24) is 9.88 Å². The molecule has 7 heteroatoms. The molecule has 0 radical (unpaired) electrons. The first-order valence-corrected chi connectivity index (χ1v) is 7.23. The maximum Gasteiger partial charge on any atom is 0.241 e. The van der Waals surface area contributed by atoms with Crippen LogP contribution in [0.2, 0.25) is 0 Å². The number of carbonyl (C=O) groups excluding carboxylic acids is 1. The van der Waals surface area contributed by atoms with Crippen molar-refractivity contribution >= 4 is 17.5 Å². The number of carbonyl (C=O) groups is 1. The van der Waals surface area contributed by atoms with Gasteiger partial charge in [0.25, 0.3) is 0 Å². The molecule has 1 aliphatic heterocycles. The van der Waals surface area contributed by atoms with Gasteiger partial charge in [-0.15, -0.1) is 0 Å². The van der Waals surface area contributed by atoms with Gasteiger partial charge >= 0.3 is 0 Å². The number of rotatable bonds is 6. The van der Waals surface area contributed by atoms with Gasteiger partial charge in [-0.3, -0.25) is 4.79 Å². The van der Waals surface area contributed by atoms with Crippen LogP contribution in [0.25, 0.3) is 0 Å². The molecule has 5 nitrogen and oxygen atoms in total. The highest BCUT2D eigenvalue weighted by Gasteiger charge is 2.18. The predicted octanol–water partition coefficient (Wildman–Crippen LogP) is 2.22. The average molecular weight is 298 g/mol. The van der Waals surface area contributed by atoms with E-state index in [-0.39, 0.29) is 24.1 Å². The zero-order chi connectivity index (χ0) is 15.2. The lowest BCUT2D eigenvalue weighted by Gasteiger charge is -2.16. The summed E-state index contributed by atoms with van der Waals surface area (Å²) in [5.41, 5.74) is 0. The third-order valence-electron chi connectivity index (χ3n) is 3.34. The summed E-state index contributed by atoms with van der Waals surface area (Å²) in [6.07, 6.45) is 2.80. The van der Waals surface area contributed by atoms with Crippen LogP contribution in [0.4, 0.5) is 20.4 Å². The van der Waals surface area contributed by atoms with E-state index in [1.165, 1.54) is 0 Å². The number of aromatic nitrogens is 1. The Kier molecular flexibility index (Phi) is 5.30. The van der Waals surface area contributed by atoms with E-state index in [2.05, 4.69) is 15.6 Å². The van der Waals surface area contributed by atoms with E-state index >= 15 is 0 Å². The van der Waals surface area contributed by atoms with Gasteiger partial charge in [0.15, 0.2) is 23.3 Å². The van der Waals surface area contributed by atoms with Crippen molar-refractivity contribution in [1.29, 1.82) is 0 Å². The van der Waals surface area contributed by atoms with Crippen LogP contribution in [0.5, 0.6) is 0 Å². The number of amides is 1. The minimum Gasteiger partial charge on any atom is -0.368 e. The van der Waals surface area contributed by atoms with Gasteiger partial charge < -0.3 is 15.5 Å². The lowest BCUT2D eigenvalue weighted by Crippen LogP contribution is -2.33. The van der Waals surface area contributed by atoms with E-state index in [1.807, 2.05) is 6.92 Å². The van der Waals surface area contributed by atoms with E-state index in [4.69, 9.17) is 0 Å². The zero-order valence-electron chi connectivity index (χ0n) is 12.1. The Bertz CT molecular complexity index is 504. The Morgan fingerprint density at radius 3 is 2.48 bits per heavy atom. The SMILES string of the molecule is CCCNc1nc(NCC(=O)N2CCCC2)c(F)cc1F. The molecular formula is C14H20F2N4O. The number of hydrogen-bond donors (Lipinski definition) is 2. The van der Waals surface area contributed by atoms with Gasteiger partial charge in [-0.2, -0.15) is 0 Å². The van der Waals surface area contributed by atoms with Gasteiger partial charge in [0.2, 0.25) is 5.91 Å². The largest absolute Gasteiger partial charge is 0.368 e. The number of nitrogens with one attached hydrogen (secondary N) is 2. The summed E-state index contributed by atoms with van der Waals surface area (Å²) in [4.78, 5) is 17.5. The van der Waals surface area contributed by atoms with Gasteiger partial charge in [-0.05, 0) is 19.3 Å². The Morgan fingerprint density at radius 1 is 1.24 bits per heavy atom. The molecule has 1 saturated heterocycles. The number of pyridine rings is 1. The van der Waals surface area contributed by atoms with Crippen molar-refractivity contribution in [3.8, 4) is 0 Å². The first kappa shape index (κ1) is 15.5. The summed E-state index contributed by atoms with van der Waals surface area (Å²) in [6, 6.07) is 0.771. The lowest BCUT2D eigenvalue weighted by atomic mass is 10.3. The first-order valence-electron chi connectivity index (χ1n) is 7.23. The highest BCUT2D eigenvalue weighted by Crippen LogP contribution is 2.19. The second-order valence-corrected chi connectivity index (χ2v) is 5.02. The summed E-state index contributed by atoms with van der Waals surface area (Å²) in [6.45, 7) is 3.92. The molecule has 0 unspecified atom stereocenters. The molecule has 1 aliphatic rings. The fraction of sp³-hybridized carbons (Fsp3) is 0.571. The van der Waals surface area contributed by atoms with Gasteiger partial charge in [0, 0.05) is 25.7 Å². The average Bonchev–Trinajstić information content (AvgIpc) is 2.99. The van der Waals surface area contributed by atoms with E-state index in [9.17, 15) is 13.6 Å². The standard InChI is InChI=1S/C14H20F2N4O/c1-2-5-17-13-10(15)8-11(16)14(19-13)18-9-12(21)20-6-3-4-7-20/h8H,2-7,9H2,1H3,(H2,17,18,19). The van der Waals surface area contributed by atoms with E-state index in [0.29, 0.717) is 6.54 Å². The number of hydrogen-bond acceptors (Lipinski definition) is 4. The molecule has 1 aromatic rings. The third-order valence-corrected chi connectivity index (χ3v) is 3.34. The third kappa shape index (κ3) is 4.03. The van der Waals surface area contributed by atoms with Crippen molar-refractivity contribution in [2.45, 2.75) is 26.2 Å². The minimum absolute atomic E-state index is 0.00521. The highest BCUT2D eigenvalue weighted by atomic mass is 19.1. The smallest absolute Gasteiger partial charge is 0.241 e. The zero-order valence-corrected chi connectivity index (χ0v) is 12.1. The molecule has 21 heavy (non-hydrogen) atoms. The molecule has 2 N–H and O–H groups in total. The number of likely N-dealkylation sites (tertiary alicyclic amines) is 1. The van der Waals surface area contributed by atoms with Crippen LogP contribution in [0, 0.1) is 11.6 Å². The molecule has 0 aromatic carbocycles. The maximum absolute atomic E-state index is 13.7. The van der Waals surface area contributed by atoms with E-state index in [1.54, 1.807) is 4.90 Å². The summed E-state index contributed by atoms with van der Waals surface area (Å²) in [7, 11) is 0. The molecule has 0 saturated carbocycles. The Morgan fingerprint density at radius 2 is 1.86 bits per heavy atom. The quantitative estimate of drug-likeness (QED) is 0.845. The van der Waals surface area contributed by atoms with E-state index < -0.39 is 11.6 Å². The van der Waals surface area contributed by atoms with Crippen LogP contribution in [-0.2, 0) is 4.79 Å². The molecule has 2 rings (SSSR count). The molecule has 0 spiro atoms. The topological polar surface area (TPSA) is 57.3 Å². The molecule has 1 fully saturated rings. The summed E-state index contributed by atoms with van der Waals surface area (Å²) in [5, 5.41) is 5.43. The van der Waals surface area contributed by atoms with Gasteiger partial charge in [-0.25, -0.2) is 13.8 Å².